The lowest BCUT2D eigenvalue weighted by molar-refractivity contribution is 0.107. The van der Waals surface area contributed by atoms with Crippen LogP contribution in [0.2, 0.25) is 0 Å². The highest BCUT2D eigenvalue weighted by Crippen LogP contribution is 2.48. The minimum absolute atomic E-state index is 0.0192. The average Bonchev–Trinajstić information content (AvgIpc) is 3.73. The molecule has 9 nitrogen and oxygen atoms in total. The number of nitrogens with zero attached hydrogens (tertiary/aromatic N) is 5. The van der Waals surface area contributed by atoms with Gasteiger partial charge in [0.25, 0.3) is 0 Å². The number of fused-ring (bicyclic) bond motifs is 5. The maximum atomic E-state index is 16.8. The van der Waals surface area contributed by atoms with Gasteiger partial charge in [-0.2, -0.15) is 15.1 Å². The number of halogens is 1. The first-order chi connectivity index (χ1) is 19.9. The summed E-state index contributed by atoms with van der Waals surface area (Å²) in [4.78, 5) is 17.0. The van der Waals surface area contributed by atoms with E-state index in [-0.39, 0.29) is 28.7 Å². The van der Waals surface area contributed by atoms with Crippen molar-refractivity contribution >= 4 is 21.8 Å². The van der Waals surface area contributed by atoms with Crippen LogP contribution in [0.3, 0.4) is 0 Å². The van der Waals surface area contributed by atoms with E-state index in [2.05, 4.69) is 20.4 Å². The number of H-pyrrole nitrogens is 1. The number of hydrogen-bond acceptors (Lipinski definition) is 8. The molecule has 4 aromatic rings. The topological polar surface area (TPSA) is 112 Å². The lowest BCUT2D eigenvalue weighted by atomic mass is 9.78. The number of rotatable bonds is 5. The van der Waals surface area contributed by atoms with Crippen molar-refractivity contribution in [2.45, 2.75) is 69.4 Å². The van der Waals surface area contributed by atoms with Crippen LogP contribution in [0.5, 0.6) is 6.01 Å². The van der Waals surface area contributed by atoms with Gasteiger partial charge in [-0.05, 0) is 88.6 Å². The van der Waals surface area contributed by atoms with E-state index in [1.165, 1.54) is 12.8 Å². The molecule has 3 N–H and O–H groups in total. The molecule has 1 aromatic carbocycles. The molecular formula is C31H36FN7O2. The third kappa shape index (κ3) is 3.76. The predicted molar refractivity (Wildman–Crippen MR) is 153 cm³/mol. The molecular weight excluding hydrogens is 521 g/mol. The van der Waals surface area contributed by atoms with Crippen LogP contribution in [0.15, 0.2) is 18.5 Å². The fourth-order valence-electron chi connectivity index (χ4n) is 8.39. The second-order valence-electron chi connectivity index (χ2n) is 12.9. The van der Waals surface area contributed by atoms with Crippen molar-refractivity contribution in [3.63, 3.8) is 0 Å². The number of aliphatic hydroxyl groups excluding tert-OH is 1. The summed E-state index contributed by atoms with van der Waals surface area (Å²) in [5, 5.41) is 23.0. The second kappa shape index (κ2) is 9.14. The maximum absolute atomic E-state index is 16.8. The monoisotopic (exact) mass is 557 g/mol. The number of nitrogens with one attached hydrogen (secondary N) is 2. The van der Waals surface area contributed by atoms with Crippen molar-refractivity contribution in [3.05, 3.63) is 41.1 Å². The first kappa shape index (κ1) is 25.5. The molecule has 0 spiro atoms. The molecule has 3 aliphatic heterocycles. The Hall–Kier alpha value is -3.21. The molecule has 3 unspecified atom stereocenters. The normalized spacial score (nSPS) is 27.2. The van der Waals surface area contributed by atoms with Crippen molar-refractivity contribution < 1.29 is 14.2 Å². The van der Waals surface area contributed by atoms with Crippen molar-refractivity contribution in [2.24, 2.45) is 5.92 Å². The molecule has 0 radical (unpaired) electrons. The number of aliphatic hydroxyl groups is 1. The zero-order chi connectivity index (χ0) is 27.9. The first-order valence-electron chi connectivity index (χ1n) is 14.9. The Balaban J connectivity index is 1.30. The van der Waals surface area contributed by atoms with Crippen LogP contribution < -0.4 is 10.1 Å². The minimum atomic E-state index is -0.482. The number of benzene rings is 1. The van der Waals surface area contributed by atoms with Crippen molar-refractivity contribution in [3.8, 4) is 17.3 Å². The number of piperidine rings is 1. The van der Waals surface area contributed by atoms with E-state index in [1.54, 1.807) is 12.4 Å². The smallest absolute Gasteiger partial charge is 0.317 e. The van der Waals surface area contributed by atoms with Crippen LogP contribution in [-0.2, 0) is 5.41 Å². The summed E-state index contributed by atoms with van der Waals surface area (Å²) in [6.45, 7) is 8.14. The summed E-state index contributed by atoms with van der Waals surface area (Å²) < 4.78 is 23.2. The summed E-state index contributed by atoms with van der Waals surface area (Å²) in [5.41, 5.74) is 4.33. The highest BCUT2D eigenvalue weighted by atomic mass is 19.1. The SMILES string of the molecule is Cc1cc2[nH]ncc2c(-c2ncc3c(C45CNCC(C4)C(O)C5)nc(OCC45CCCN4CCC5)nc3c2F)c1C. The standard InChI is InChI=1S/C31H36FN7O2/c1-17-9-22-20(14-35-38-22)24(18(17)2)27-25(32)26-21(13-34-27)28(30-10-19(12-33-15-30)23(40)11-30)37-29(36-26)41-16-31-5-3-7-39(31)8-4-6-31/h9,13-14,19,23,33,40H,3-8,10-12,15-16H2,1-2H3,(H,35,38). The molecule has 3 saturated heterocycles. The predicted octanol–water partition coefficient (Wildman–Crippen LogP) is 3.94. The largest absolute Gasteiger partial charge is 0.461 e. The number of aromatic amines is 1. The summed E-state index contributed by atoms with van der Waals surface area (Å²) in [6, 6.07) is 2.24. The van der Waals surface area contributed by atoms with Gasteiger partial charge in [-0.15, -0.1) is 0 Å². The molecule has 1 aliphatic carbocycles. The van der Waals surface area contributed by atoms with E-state index in [0.29, 0.717) is 25.0 Å². The Morgan fingerprint density at radius 1 is 1.12 bits per heavy atom. The zero-order valence-electron chi connectivity index (χ0n) is 23.6. The molecule has 0 amide bonds. The van der Waals surface area contributed by atoms with E-state index in [0.717, 1.165) is 72.2 Å². The van der Waals surface area contributed by atoms with Gasteiger partial charge >= 0.3 is 6.01 Å². The molecule has 10 heteroatoms. The van der Waals surface area contributed by atoms with Crippen molar-refractivity contribution in [2.75, 3.05) is 32.8 Å². The Morgan fingerprint density at radius 3 is 2.78 bits per heavy atom. The summed E-state index contributed by atoms with van der Waals surface area (Å²) in [5.74, 6) is -0.340. The Labute approximate surface area is 237 Å². The van der Waals surface area contributed by atoms with E-state index in [4.69, 9.17) is 19.7 Å². The van der Waals surface area contributed by atoms with Gasteiger partial charge in [0.05, 0.1) is 29.1 Å². The van der Waals surface area contributed by atoms with Crippen LogP contribution in [-0.4, -0.2) is 79.6 Å². The van der Waals surface area contributed by atoms with Crippen LogP contribution in [0, 0.1) is 25.6 Å². The van der Waals surface area contributed by atoms with E-state index >= 15 is 4.39 Å². The molecule has 8 rings (SSSR count). The third-order valence-electron chi connectivity index (χ3n) is 10.6. The van der Waals surface area contributed by atoms with Gasteiger partial charge in [-0.1, -0.05) is 0 Å². The van der Waals surface area contributed by atoms with Crippen LogP contribution >= 0.6 is 0 Å². The number of aromatic nitrogens is 5. The lowest BCUT2D eigenvalue weighted by Gasteiger charge is -2.34. The molecule has 3 atom stereocenters. The molecule has 41 heavy (non-hydrogen) atoms. The molecule has 2 bridgehead atoms. The third-order valence-corrected chi connectivity index (χ3v) is 10.6. The molecule has 3 aromatic heterocycles. The Kier molecular flexibility index (Phi) is 5.69. The van der Waals surface area contributed by atoms with Crippen molar-refractivity contribution in [1.82, 2.24) is 35.4 Å². The van der Waals surface area contributed by atoms with Crippen LogP contribution in [0.25, 0.3) is 33.1 Å². The van der Waals surface area contributed by atoms with Gasteiger partial charge in [0, 0.05) is 41.0 Å². The first-order valence-corrected chi connectivity index (χ1v) is 14.9. The quantitative estimate of drug-likeness (QED) is 0.338. The molecule has 4 aliphatic rings. The van der Waals surface area contributed by atoms with Crippen LogP contribution in [0.4, 0.5) is 4.39 Å². The van der Waals surface area contributed by atoms with E-state index in [1.807, 2.05) is 19.9 Å². The Morgan fingerprint density at radius 2 is 1.95 bits per heavy atom. The minimum Gasteiger partial charge on any atom is -0.461 e. The van der Waals surface area contributed by atoms with E-state index in [9.17, 15) is 5.11 Å². The number of ether oxygens (including phenoxy) is 1. The van der Waals surface area contributed by atoms with Gasteiger partial charge in [0.2, 0.25) is 0 Å². The van der Waals surface area contributed by atoms with Crippen molar-refractivity contribution in [1.29, 1.82) is 0 Å². The number of pyridine rings is 1. The molecule has 4 fully saturated rings. The summed E-state index contributed by atoms with van der Waals surface area (Å²) in [6.07, 6.45) is 8.93. The van der Waals surface area contributed by atoms with Crippen LogP contribution in [0.1, 0.15) is 55.3 Å². The highest BCUT2D eigenvalue weighted by molar-refractivity contribution is 5.98. The number of aryl methyl sites for hydroxylation is 1. The molecule has 6 heterocycles. The lowest BCUT2D eigenvalue weighted by Crippen LogP contribution is -2.44. The Bertz CT molecular complexity index is 1670. The van der Waals surface area contributed by atoms with Gasteiger partial charge in [-0.25, -0.2) is 4.39 Å². The molecule has 214 valence electrons. The summed E-state index contributed by atoms with van der Waals surface area (Å²) >= 11 is 0. The van der Waals surface area contributed by atoms with Gasteiger partial charge in [-0.3, -0.25) is 15.0 Å². The van der Waals surface area contributed by atoms with Gasteiger partial charge in [0.1, 0.15) is 17.8 Å². The number of hydrogen-bond donors (Lipinski definition) is 3. The fourth-order valence-corrected chi connectivity index (χ4v) is 8.39. The second-order valence-corrected chi connectivity index (χ2v) is 12.9. The van der Waals surface area contributed by atoms with Gasteiger partial charge < -0.3 is 15.2 Å². The van der Waals surface area contributed by atoms with Gasteiger partial charge in [0.15, 0.2) is 5.82 Å². The highest BCUT2D eigenvalue weighted by Gasteiger charge is 2.51. The van der Waals surface area contributed by atoms with E-state index < -0.39 is 17.3 Å². The molecule has 1 saturated carbocycles. The maximum Gasteiger partial charge on any atom is 0.317 e. The fraction of sp³-hybridized carbons (Fsp3) is 0.548. The average molecular weight is 558 g/mol. The summed E-state index contributed by atoms with van der Waals surface area (Å²) in [7, 11) is 0. The zero-order valence-corrected chi connectivity index (χ0v) is 23.6.